The fourth-order valence-electron chi connectivity index (χ4n) is 2.62. The van der Waals surface area contributed by atoms with Crippen molar-refractivity contribution >= 4 is 5.91 Å². The number of carbonyl (C=O) groups is 1. The van der Waals surface area contributed by atoms with Crippen molar-refractivity contribution in [1.29, 1.82) is 0 Å². The summed E-state index contributed by atoms with van der Waals surface area (Å²) >= 11 is 0. The van der Waals surface area contributed by atoms with Gasteiger partial charge in [0.2, 0.25) is 5.91 Å². The molecular formula is C15H23N3O2. The molecule has 1 amide bonds. The fraction of sp³-hybridized carbons (Fsp3) is 0.600. The Labute approximate surface area is 120 Å². The summed E-state index contributed by atoms with van der Waals surface area (Å²) in [4.78, 5) is 20.3. The van der Waals surface area contributed by atoms with E-state index in [0.29, 0.717) is 32.8 Å². The van der Waals surface area contributed by atoms with E-state index >= 15 is 0 Å². The van der Waals surface area contributed by atoms with Crippen LogP contribution in [-0.2, 0) is 9.53 Å². The van der Waals surface area contributed by atoms with Crippen molar-refractivity contribution in [2.45, 2.75) is 19.4 Å². The highest BCUT2D eigenvalue weighted by Gasteiger charge is 2.22. The molecule has 0 bridgehead atoms. The van der Waals surface area contributed by atoms with Gasteiger partial charge in [-0.1, -0.05) is 6.92 Å². The molecule has 0 radical (unpaired) electrons. The van der Waals surface area contributed by atoms with E-state index in [9.17, 15) is 4.79 Å². The topological polar surface area (TPSA) is 45.7 Å². The summed E-state index contributed by atoms with van der Waals surface area (Å²) in [5.74, 6) is 0.184. The van der Waals surface area contributed by atoms with Crippen LogP contribution in [0.4, 0.5) is 0 Å². The maximum Gasteiger partial charge on any atom is 0.236 e. The van der Waals surface area contributed by atoms with E-state index in [4.69, 9.17) is 4.74 Å². The molecule has 5 nitrogen and oxygen atoms in total. The molecule has 110 valence electrons. The highest BCUT2D eigenvalue weighted by molar-refractivity contribution is 5.78. The normalized spacial score (nSPS) is 17.2. The van der Waals surface area contributed by atoms with Crippen molar-refractivity contribution in [2.24, 2.45) is 0 Å². The Bertz CT molecular complexity index is 418. The summed E-state index contributed by atoms with van der Waals surface area (Å²) in [7, 11) is 2.01. The first-order valence-electron chi connectivity index (χ1n) is 7.18. The highest BCUT2D eigenvalue weighted by atomic mass is 16.5. The molecule has 0 N–H and O–H groups in total. The van der Waals surface area contributed by atoms with Gasteiger partial charge in [0, 0.05) is 31.5 Å². The Hall–Kier alpha value is -1.46. The third-order valence-electron chi connectivity index (χ3n) is 3.76. The Morgan fingerprint density at radius 1 is 1.40 bits per heavy atom. The van der Waals surface area contributed by atoms with E-state index in [0.717, 1.165) is 6.42 Å². The number of pyridine rings is 1. The molecule has 1 aliphatic rings. The second-order valence-electron chi connectivity index (χ2n) is 5.11. The number of morpholine rings is 1. The predicted octanol–water partition coefficient (Wildman–Crippen LogP) is 1.32. The summed E-state index contributed by atoms with van der Waals surface area (Å²) in [6, 6.07) is 4.29. The molecule has 1 fully saturated rings. The largest absolute Gasteiger partial charge is 0.378 e. The molecule has 0 unspecified atom stereocenters. The number of hydrogen-bond donors (Lipinski definition) is 0. The van der Waals surface area contributed by atoms with Crippen molar-refractivity contribution in [1.82, 2.24) is 14.8 Å². The Morgan fingerprint density at radius 2 is 2.05 bits per heavy atom. The van der Waals surface area contributed by atoms with Gasteiger partial charge in [-0.05, 0) is 31.2 Å². The van der Waals surface area contributed by atoms with Crippen LogP contribution in [0.2, 0.25) is 0 Å². The molecule has 1 aromatic rings. The van der Waals surface area contributed by atoms with E-state index in [1.54, 1.807) is 12.4 Å². The van der Waals surface area contributed by atoms with E-state index in [2.05, 4.69) is 16.8 Å². The van der Waals surface area contributed by atoms with Crippen molar-refractivity contribution in [3.05, 3.63) is 30.1 Å². The Balaban J connectivity index is 1.95. The summed E-state index contributed by atoms with van der Waals surface area (Å²) in [6.07, 6.45) is 4.57. The zero-order valence-corrected chi connectivity index (χ0v) is 12.3. The van der Waals surface area contributed by atoms with Gasteiger partial charge >= 0.3 is 0 Å². The number of likely N-dealkylation sites (N-methyl/N-ethyl adjacent to an activating group) is 1. The van der Waals surface area contributed by atoms with Gasteiger partial charge in [0.05, 0.1) is 19.8 Å². The lowest BCUT2D eigenvalue weighted by atomic mass is 10.0. The summed E-state index contributed by atoms with van der Waals surface area (Å²) < 4.78 is 5.28. The minimum absolute atomic E-state index is 0.184. The standard InChI is InChI=1S/C15H23N3O2/c1-3-14(13-4-6-16-7-5-13)17(2)12-15(19)18-8-10-20-11-9-18/h4-7,14H,3,8-12H2,1-2H3/t14-/m1/s1. The van der Waals surface area contributed by atoms with Crippen molar-refractivity contribution in [3.8, 4) is 0 Å². The van der Waals surface area contributed by atoms with Crippen molar-refractivity contribution in [3.63, 3.8) is 0 Å². The van der Waals surface area contributed by atoms with Gasteiger partial charge < -0.3 is 9.64 Å². The lowest BCUT2D eigenvalue weighted by molar-refractivity contribution is -0.136. The maximum absolute atomic E-state index is 12.3. The van der Waals surface area contributed by atoms with Gasteiger partial charge in [-0.3, -0.25) is 14.7 Å². The average molecular weight is 277 g/mol. The van der Waals surface area contributed by atoms with Gasteiger partial charge in [0.1, 0.15) is 0 Å². The minimum Gasteiger partial charge on any atom is -0.378 e. The van der Waals surface area contributed by atoms with Crippen LogP contribution >= 0.6 is 0 Å². The second-order valence-corrected chi connectivity index (χ2v) is 5.11. The number of amides is 1. The van der Waals surface area contributed by atoms with Crippen LogP contribution in [0.3, 0.4) is 0 Å². The van der Waals surface area contributed by atoms with Crippen LogP contribution in [0.25, 0.3) is 0 Å². The van der Waals surface area contributed by atoms with Crippen LogP contribution in [-0.4, -0.2) is 60.6 Å². The molecular weight excluding hydrogens is 254 g/mol. The van der Waals surface area contributed by atoms with Crippen LogP contribution in [0.1, 0.15) is 24.9 Å². The number of rotatable bonds is 5. The Kier molecular flexibility index (Phi) is 5.49. The molecule has 1 aromatic heterocycles. The SMILES string of the molecule is CC[C@H](c1ccncc1)N(C)CC(=O)N1CCOCC1. The lowest BCUT2D eigenvalue weighted by Crippen LogP contribution is -2.45. The van der Waals surface area contributed by atoms with E-state index in [1.165, 1.54) is 5.56 Å². The minimum atomic E-state index is 0.184. The van der Waals surface area contributed by atoms with E-state index in [1.807, 2.05) is 24.1 Å². The molecule has 0 aliphatic carbocycles. The molecule has 0 aromatic carbocycles. The van der Waals surface area contributed by atoms with Crippen LogP contribution < -0.4 is 0 Å². The quantitative estimate of drug-likeness (QED) is 0.814. The molecule has 1 aliphatic heterocycles. The number of aromatic nitrogens is 1. The number of nitrogens with zero attached hydrogens (tertiary/aromatic N) is 3. The molecule has 0 spiro atoms. The lowest BCUT2D eigenvalue weighted by Gasteiger charge is -2.31. The molecule has 0 saturated carbocycles. The second kappa shape index (κ2) is 7.36. The molecule has 20 heavy (non-hydrogen) atoms. The average Bonchev–Trinajstić information content (AvgIpc) is 2.50. The summed E-state index contributed by atoms with van der Waals surface area (Å²) in [6.45, 7) is 5.30. The van der Waals surface area contributed by atoms with Gasteiger partial charge in [0.15, 0.2) is 0 Å². The fourth-order valence-corrected chi connectivity index (χ4v) is 2.62. The smallest absolute Gasteiger partial charge is 0.236 e. The first-order chi connectivity index (χ1) is 9.72. The first-order valence-corrected chi connectivity index (χ1v) is 7.18. The highest BCUT2D eigenvalue weighted by Crippen LogP contribution is 2.22. The van der Waals surface area contributed by atoms with Gasteiger partial charge in [0.25, 0.3) is 0 Å². The van der Waals surface area contributed by atoms with Gasteiger partial charge in [-0.2, -0.15) is 0 Å². The predicted molar refractivity (Wildman–Crippen MR) is 77.3 cm³/mol. The monoisotopic (exact) mass is 277 g/mol. The molecule has 1 atom stereocenters. The maximum atomic E-state index is 12.3. The van der Waals surface area contributed by atoms with Crippen LogP contribution in [0.15, 0.2) is 24.5 Å². The van der Waals surface area contributed by atoms with Crippen LogP contribution in [0.5, 0.6) is 0 Å². The third kappa shape index (κ3) is 3.77. The summed E-state index contributed by atoms with van der Waals surface area (Å²) in [5, 5.41) is 0. The third-order valence-corrected chi connectivity index (χ3v) is 3.76. The molecule has 2 heterocycles. The van der Waals surface area contributed by atoms with Gasteiger partial charge in [-0.15, -0.1) is 0 Å². The molecule has 1 saturated heterocycles. The van der Waals surface area contributed by atoms with Gasteiger partial charge in [-0.25, -0.2) is 0 Å². The van der Waals surface area contributed by atoms with Crippen molar-refractivity contribution in [2.75, 3.05) is 39.9 Å². The van der Waals surface area contributed by atoms with Crippen LogP contribution in [0, 0.1) is 0 Å². The van der Waals surface area contributed by atoms with Crippen molar-refractivity contribution < 1.29 is 9.53 Å². The first kappa shape index (κ1) is 14.9. The number of carbonyl (C=O) groups excluding carboxylic acids is 1. The number of ether oxygens (including phenoxy) is 1. The summed E-state index contributed by atoms with van der Waals surface area (Å²) in [5.41, 5.74) is 1.21. The molecule has 5 heteroatoms. The zero-order valence-electron chi connectivity index (χ0n) is 12.3. The molecule has 2 rings (SSSR count). The zero-order chi connectivity index (χ0) is 14.4. The number of hydrogen-bond acceptors (Lipinski definition) is 4. The Morgan fingerprint density at radius 3 is 2.65 bits per heavy atom. The van der Waals surface area contributed by atoms with E-state index in [-0.39, 0.29) is 11.9 Å². The van der Waals surface area contributed by atoms with E-state index < -0.39 is 0 Å².